The predicted molar refractivity (Wildman–Crippen MR) is 115 cm³/mol. The van der Waals surface area contributed by atoms with E-state index < -0.39 is 0 Å². The summed E-state index contributed by atoms with van der Waals surface area (Å²) in [6.45, 7) is 4.51. The summed E-state index contributed by atoms with van der Waals surface area (Å²) in [6, 6.07) is 10.7. The summed E-state index contributed by atoms with van der Waals surface area (Å²) < 4.78 is 5.71. The molecule has 8 nitrogen and oxygen atoms in total. The Bertz CT molecular complexity index is 1150. The van der Waals surface area contributed by atoms with E-state index in [-0.39, 0.29) is 18.4 Å². The van der Waals surface area contributed by atoms with Gasteiger partial charge >= 0.3 is 0 Å². The van der Waals surface area contributed by atoms with Gasteiger partial charge in [-0.1, -0.05) is 11.6 Å². The van der Waals surface area contributed by atoms with Crippen LogP contribution in [0, 0.1) is 18.8 Å². The summed E-state index contributed by atoms with van der Waals surface area (Å²) in [5.74, 6) is 1.22. The number of likely N-dealkylation sites (tertiary alicyclic amines) is 2. The summed E-state index contributed by atoms with van der Waals surface area (Å²) in [6.07, 6.45) is 0. The standard InChI is InChI=1S/C22H22ClN5O3/c1-13-6-17(23)3-5-20(13)31-12-21(29)27-8-15-10-28(11-16(15)9-27)22(30)14-2-4-18-19(7-14)25-26-24-18/h2-7,15-16H,8-12H2,1H3,(H,24,25,26)/t15-,16+. The maximum atomic E-state index is 12.9. The van der Waals surface area contributed by atoms with E-state index in [0.717, 1.165) is 11.1 Å². The number of carbonyl (C=O) groups is 2. The molecular formula is C22H22ClN5O3. The Morgan fingerprint density at radius 1 is 1.03 bits per heavy atom. The Labute approximate surface area is 184 Å². The fourth-order valence-electron chi connectivity index (χ4n) is 4.52. The number of rotatable bonds is 4. The second-order valence-corrected chi connectivity index (χ2v) is 8.69. The number of carbonyl (C=O) groups excluding carboxylic acids is 2. The Kier molecular flexibility index (Phi) is 5.02. The fraction of sp³-hybridized carbons (Fsp3) is 0.364. The minimum Gasteiger partial charge on any atom is -0.483 e. The van der Waals surface area contributed by atoms with Gasteiger partial charge in [0.25, 0.3) is 11.8 Å². The van der Waals surface area contributed by atoms with Gasteiger partial charge in [-0.2, -0.15) is 15.4 Å². The van der Waals surface area contributed by atoms with Crippen molar-refractivity contribution in [3.63, 3.8) is 0 Å². The molecule has 1 N–H and O–H groups in total. The van der Waals surface area contributed by atoms with Crippen molar-refractivity contribution in [1.29, 1.82) is 0 Å². The third kappa shape index (κ3) is 3.83. The summed E-state index contributed by atoms with van der Waals surface area (Å²) in [5, 5.41) is 11.3. The molecule has 2 amide bonds. The van der Waals surface area contributed by atoms with Gasteiger partial charge in [-0.25, -0.2) is 0 Å². The van der Waals surface area contributed by atoms with Crippen LogP contribution in [0.5, 0.6) is 5.75 Å². The molecule has 2 saturated heterocycles. The van der Waals surface area contributed by atoms with Gasteiger partial charge in [-0.3, -0.25) is 9.59 Å². The minimum absolute atomic E-state index is 0.00118. The Hall–Kier alpha value is -3.13. The summed E-state index contributed by atoms with van der Waals surface area (Å²) in [4.78, 5) is 29.3. The first-order valence-corrected chi connectivity index (χ1v) is 10.6. The maximum absolute atomic E-state index is 12.9. The average molecular weight is 440 g/mol. The number of nitrogens with zero attached hydrogens (tertiary/aromatic N) is 4. The molecule has 2 fully saturated rings. The minimum atomic E-state index is -0.0295. The van der Waals surface area contributed by atoms with Crippen LogP contribution in [-0.4, -0.2) is 69.8 Å². The average Bonchev–Trinajstić information content (AvgIpc) is 3.46. The number of aryl methyl sites for hydroxylation is 1. The van der Waals surface area contributed by atoms with Crippen molar-refractivity contribution >= 4 is 34.4 Å². The van der Waals surface area contributed by atoms with E-state index in [1.807, 2.05) is 22.8 Å². The van der Waals surface area contributed by atoms with Gasteiger partial charge in [0, 0.05) is 48.6 Å². The van der Waals surface area contributed by atoms with Crippen molar-refractivity contribution in [2.75, 3.05) is 32.8 Å². The molecule has 3 heterocycles. The highest BCUT2D eigenvalue weighted by atomic mass is 35.5. The van der Waals surface area contributed by atoms with Crippen LogP contribution >= 0.6 is 11.6 Å². The molecular weight excluding hydrogens is 418 g/mol. The number of aromatic amines is 1. The first kappa shape index (κ1) is 19.8. The maximum Gasteiger partial charge on any atom is 0.260 e. The highest BCUT2D eigenvalue weighted by Crippen LogP contribution is 2.32. The van der Waals surface area contributed by atoms with E-state index in [2.05, 4.69) is 15.4 Å². The van der Waals surface area contributed by atoms with Crippen molar-refractivity contribution in [2.24, 2.45) is 11.8 Å². The van der Waals surface area contributed by atoms with E-state index in [0.29, 0.717) is 59.9 Å². The van der Waals surface area contributed by atoms with Crippen LogP contribution in [0.4, 0.5) is 0 Å². The van der Waals surface area contributed by atoms with Gasteiger partial charge in [0.15, 0.2) is 6.61 Å². The number of hydrogen-bond acceptors (Lipinski definition) is 5. The molecule has 1 aromatic heterocycles. The van der Waals surface area contributed by atoms with Crippen molar-refractivity contribution in [3.05, 3.63) is 52.5 Å². The number of H-pyrrole nitrogens is 1. The van der Waals surface area contributed by atoms with Crippen LogP contribution in [0.15, 0.2) is 36.4 Å². The number of hydrogen-bond donors (Lipinski definition) is 1. The van der Waals surface area contributed by atoms with E-state index in [1.165, 1.54) is 0 Å². The van der Waals surface area contributed by atoms with Gasteiger partial charge in [-0.05, 0) is 48.9 Å². The molecule has 2 atom stereocenters. The smallest absolute Gasteiger partial charge is 0.260 e. The molecule has 31 heavy (non-hydrogen) atoms. The lowest BCUT2D eigenvalue weighted by molar-refractivity contribution is -0.132. The van der Waals surface area contributed by atoms with Gasteiger partial charge in [-0.15, -0.1) is 0 Å². The number of fused-ring (bicyclic) bond motifs is 2. The van der Waals surface area contributed by atoms with Gasteiger partial charge in [0.1, 0.15) is 16.8 Å². The number of ether oxygens (including phenoxy) is 1. The molecule has 0 spiro atoms. The van der Waals surface area contributed by atoms with Crippen LogP contribution in [0.3, 0.4) is 0 Å². The first-order chi connectivity index (χ1) is 15.0. The molecule has 0 radical (unpaired) electrons. The van der Waals surface area contributed by atoms with Crippen molar-refractivity contribution in [3.8, 4) is 5.75 Å². The molecule has 160 valence electrons. The van der Waals surface area contributed by atoms with E-state index >= 15 is 0 Å². The fourth-order valence-corrected chi connectivity index (χ4v) is 4.75. The number of halogens is 1. The second-order valence-electron chi connectivity index (χ2n) is 8.25. The van der Waals surface area contributed by atoms with Crippen molar-refractivity contribution < 1.29 is 14.3 Å². The molecule has 5 rings (SSSR count). The molecule has 0 unspecified atom stereocenters. The Balaban J connectivity index is 1.16. The molecule has 3 aromatic rings. The van der Waals surface area contributed by atoms with Crippen molar-refractivity contribution in [2.45, 2.75) is 6.92 Å². The topological polar surface area (TPSA) is 91.4 Å². The van der Waals surface area contributed by atoms with Crippen LogP contribution in [-0.2, 0) is 4.79 Å². The lowest BCUT2D eigenvalue weighted by Gasteiger charge is -2.22. The monoisotopic (exact) mass is 439 g/mol. The Morgan fingerprint density at radius 3 is 2.48 bits per heavy atom. The molecule has 0 aliphatic carbocycles. The highest BCUT2D eigenvalue weighted by molar-refractivity contribution is 6.30. The second kappa shape index (κ2) is 7.85. The quantitative estimate of drug-likeness (QED) is 0.674. The Morgan fingerprint density at radius 2 is 1.74 bits per heavy atom. The largest absolute Gasteiger partial charge is 0.483 e. The molecule has 9 heteroatoms. The molecule has 2 aromatic carbocycles. The summed E-state index contributed by atoms with van der Waals surface area (Å²) in [5.41, 5.74) is 2.93. The SMILES string of the molecule is Cc1cc(Cl)ccc1OCC(=O)N1C[C@@H]2CN(C(=O)c3ccc4n[nH]nc4c3)C[C@@H]2C1. The number of aromatic nitrogens is 3. The van der Waals surface area contributed by atoms with E-state index in [4.69, 9.17) is 16.3 Å². The molecule has 2 aliphatic rings. The number of amides is 2. The predicted octanol–water partition coefficient (Wildman–Crippen LogP) is 2.53. The van der Waals surface area contributed by atoms with Crippen LogP contribution < -0.4 is 4.74 Å². The zero-order chi connectivity index (χ0) is 21.5. The first-order valence-electron chi connectivity index (χ1n) is 10.2. The summed E-state index contributed by atoms with van der Waals surface area (Å²) >= 11 is 5.97. The summed E-state index contributed by atoms with van der Waals surface area (Å²) in [7, 11) is 0. The van der Waals surface area contributed by atoms with Crippen LogP contribution in [0.2, 0.25) is 5.02 Å². The normalized spacial score (nSPS) is 20.3. The number of benzene rings is 2. The molecule has 0 saturated carbocycles. The third-order valence-electron chi connectivity index (χ3n) is 6.18. The van der Waals surface area contributed by atoms with Crippen molar-refractivity contribution in [1.82, 2.24) is 25.2 Å². The van der Waals surface area contributed by atoms with E-state index in [9.17, 15) is 9.59 Å². The van der Waals surface area contributed by atoms with Gasteiger partial charge in [0.05, 0.1) is 0 Å². The van der Waals surface area contributed by atoms with Gasteiger partial charge in [0.2, 0.25) is 0 Å². The van der Waals surface area contributed by atoms with Crippen LogP contribution in [0.25, 0.3) is 11.0 Å². The lowest BCUT2D eigenvalue weighted by Crippen LogP contribution is -2.37. The van der Waals surface area contributed by atoms with Gasteiger partial charge < -0.3 is 14.5 Å². The molecule has 0 bridgehead atoms. The highest BCUT2D eigenvalue weighted by Gasteiger charge is 2.43. The zero-order valence-corrected chi connectivity index (χ0v) is 17.8. The third-order valence-corrected chi connectivity index (χ3v) is 6.41. The van der Waals surface area contributed by atoms with Crippen LogP contribution in [0.1, 0.15) is 15.9 Å². The zero-order valence-electron chi connectivity index (χ0n) is 17.0. The lowest BCUT2D eigenvalue weighted by atomic mass is 10.0. The molecule has 2 aliphatic heterocycles. The number of nitrogens with one attached hydrogen (secondary N) is 1. The van der Waals surface area contributed by atoms with E-state index in [1.54, 1.807) is 30.3 Å².